The molecule has 0 radical (unpaired) electrons. The van der Waals surface area contributed by atoms with E-state index in [1.54, 1.807) is 0 Å². The zero-order chi connectivity index (χ0) is 11.3. The van der Waals surface area contributed by atoms with Gasteiger partial charge in [0.2, 0.25) is 0 Å². The first-order chi connectivity index (χ1) is 5.52. The van der Waals surface area contributed by atoms with E-state index in [0.717, 1.165) is 6.08 Å². The molecule has 0 saturated heterocycles. The van der Waals surface area contributed by atoms with Crippen molar-refractivity contribution in [2.45, 2.75) is 19.0 Å². The molecule has 78 valence electrons. The Morgan fingerprint density at radius 3 is 1.54 bits per heavy atom. The van der Waals surface area contributed by atoms with Crippen LogP contribution in [0.25, 0.3) is 0 Å². The Hall–Kier alpha value is -1.11. The van der Waals surface area contributed by atoms with Crippen LogP contribution in [0.4, 0.5) is 17.6 Å². The van der Waals surface area contributed by atoms with E-state index >= 15 is 0 Å². The highest BCUT2D eigenvalue weighted by atomic mass is 19.3. The molecule has 0 amide bonds. The number of carboxylic acid groups (broad SMARTS) is 1. The van der Waals surface area contributed by atoms with Gasteiger partial charge in [-0.05, 0) is 0 Å². The molecule has 0 bridgehead atoms. The van der Waals surface area contributed by atoms with E-state index in [4.69, 9.17) is 10.2 Å². The van der Waals surface area contributed by atoms with Crippen molar-refractivity contribution >= 4 is 5.97 Å². The topological polar surface area (TPSA) is 57.5 Å². The summed E-state index contributed by atoms with van der Waals surface area (Å²) in [5, 5.41) is 14.9. The van der Waals surface area contributed by atoms with Gasteiger partial charge in [-0.15, -0.1) is 0 Å². The molecule has 0 aromatic rings. The summed E-state index contributed by atoms with van der Waals surface area (Å²) in [5.41, 5.74) is 0. The lowest BCUT2D eigenvalue weighted by molar-refractivity contribution is -0.318. The third kappa shape index (κ3) is 8.80. The molecule has 2 N–H and O–H groups in total. The number of halogens is 4. The van der Waals surface area contributed by atoms with Gasteiger partial charge in [0, 0.05) is 13.0 Å². The van der Waals surface area contributed by atoms with Gasteiger partial charge in [-0.1, -0.05) is 6.58 Å². The minimum absolute atomic E-state index is 0.0625. The average molecular weight is 204 g/mol. The van der Waals surface area contributed by atoms with Crippen molar-refractivity contribution in [1.82, 2.24) is 0 Å². The fraction of sp³-hybridized carbons (Fsp3) is 0.500. The van der Waals surface area contributed by atoms with E-state index in [9.17, 15) is 22.4 Å². The molecule has 0 spiro atoms. The molecule has 0 saturated carbocycles. The molecule has 0 aliphatic rings. The molecular formula is C6H8F4O3. The van der Waals surface area contributed by atoms with Gasteiger partial charge >= 0.3 is 18.0 Å². The van der Waals surface area contributed by atoms with Gasteiger partial charge < -0.3 is 10.2 Å². The van der Waals surface area contributed by atoms with E-state index in [-0.39, 0.29) is 6.92 Å². The SMILES string of the molecule is C=CC(=O)O.CC(F)(F)C(O)(F)F. The molecule has 0 rings (SSSR count). The molecule has 0 aliphatic heterocycles. The zero-order valence-corrected chi connectivity index (χ0v) is 6.60. The van der Waals surface area contributed by atoms with Crippen molar-refractivity contribution in [3.05, 3.63) is 12.7 Å². The minimum Gasteiger partial charge on any atom is -0.478 e. The number of aliphatic carboxylic acids is 1. The lowest BCUT2D eigenvalue weighted by Crippen LogP contribution is -2.36. The maximum absolute atomic E-state index is 11.2. The van der Waals surface area contributed by atoms with Gasteiger partial charge in [0.25, 0.3) is 0 Å². The Morgan fingerprint density at radius 1 is 1.38 bits per heavy atom. The lowest BCUT2D eigenvalue weighted by atomic mass is 10.4. The smallest absolute Gasteiger partial charge is 0.416 e. The number of hydrogen-bond donors (Lipinski definition) is 2. The Morgan fingerprint density at radius 2 is 1.54 bits per heavy atom. The summed E-state index contributed by atoms with van der Waals surface area (Å²) < 4.78 is 44.5. The summed E-state index contributed by atoms with van der Waals surface area (Å²) in [6.07, 6.45) is -4.06. The summed E-state index contributed by atoms with van der Waals surface area (Å²) in [6.45, 7) is 2.90. The fourth-order valence-corrected chi connectivity index (χ4v) is 0. The molecule has 0 unspecified atom stereocenters. The van der Waals surface area contributed by atoms with Gasteiger partial charge in [0.15, 0.2) is 0 Å². The van der Waals surface area contributed by atoms with Crippen LogP contribution in [0.3, 0.4) is 0 Å². The van der Waals surface area contributed by atoms with E-state index in [1.165, 1.54) is 0 Å². The number of rotatable bonds is 2. The van der Waals surface area contributed by atoms with Crippen LogP contribution in [0.15, 0.2) is 12.7 Å². The molecule has 7 heteroatoms. The largest absolute Gasteiger partial charge is 0.478 e. The van der Waals surface area contributed by atoms with Gasteiger partial charge in [0.05, 0.1) is 0 Å². The predicted molar refractivity (Wildman–Crippen MR) is 35.6 cm³/mol. The van der Waals surface area contributed by atoms with Crippen LogP contribution in [0.5, 0.6) is 0 Å². The number of hydrogen-bond acceptors (Lipinski definition) is 2. The molecule has 0 heterocycles. The van der Waals surface area contributed by atoms with Crippen molar-refractivity contribution in [1.29, 1.82) is 0 Å². The third-order valence-electron chi connectivity index (χ3n) is 0.703. The molecule has 0 aromatic carbocycles. The second kappa shape index (κ2) is 4.80. The molecule has 0 fully saturated rings. The number of carboxylic acids is 1. The summed E-state index contributed by atoms with van der Waals surface area (Å²) in [5.74, 6) is -5.32. The Kier molecular flexibility index (Phi) is 5.33. The molecular weight excluding hydrogens is 196 g/mol. The highest BCUT2D eigenvalue weighted by molar-refractivity contribution is 5.78. The van der Waals surface area contributed by atoms with Crippen LogP contribution in [0, 0.1) is 0 Å². The number of alkyl halides is 4. The van der Waals surface area contributed by atoms with E-state index in [1.807, 2.05) is 0 Å². The predicted octanol–water partition coefficient (Wildman–Crippen LogP) is 1.48. The molecule has 0 aromatic heterocycles. The lowest BCUT2D eigenvalue weighted by Gasteiger charge is -2.15. The Balaban J connectivity index is 0. The molecule has 0 aliphatic carbocycles. The van der Waals surface area contributed by atoms with Gasteiger partial charge in [-0.2, -0.15) is 17.6 Å². The van der Waals surface area contributed by atoms with Crippen LogP contribution in [-0.2, 0) is 4.79 Å². The van der Waals surface area contributed by atoms with Crippen molar-refractivity contribution < 1.29 is 32.6 Å². The normalized spacial score (nSPS) is 11.2. The van der Waals surface area contributed by atoms with Gasteiger partial charge in [-0.25, -0.2) is 4.79 Å². The quantitative estimate of drug-likeness (QED) is 0.529. The Bertz CT molecular complexity index is 167. The molecule has 0 atom stereocenters. The number of carbonyl (C=O) groups is 1. The highest BCUT2D eigenvalue weighted by Gasteiger charge is 2.50. The van der Waals surface area contributed by atoms with E-state index in [2.05, 4.69) is 6.58 Å². The van der Waals surface area contributed by atoms with Crippen LogP contribution < -0.4 is 0 Å². The third-order valence-corrected chi connectivity index (χ3v) is 0.703. The van der Waals surface area contributed by atoms with Crippen LogP contribution >= 0.6 is 0 Å². The molecule has 13 heavy (non-hydrogen) atoms. The highest BCUT2D eigenvalue weighted by Crippen LogP contribution is 2.30. The monoisotopic (exact) mass is 204 g/mol. The second-order valence-electron chi connectivity index (χ2n) is 1.97. The van der Waals surface area contributed by atoms with Crippen molar-refractivity contribution in [3.63, 3.8) is 0 Å². The number of aliphatic hydroxyl groups is 1. The fourth-order valence-electron chi connectivity index (χ4n) is 0. The van der Waals surface area contributed by atoms with Crippen LogP contribution in [0.2, 0.25) is 0 Å². The first kappa shape index (κ1) is 14.4. The summed E-state index contributed by atoms with van der Waals surface area (Å²) in [6, 6.07) is 0. The molecule has 3 nitrogen and oxygen atoms in total. The van der Waals surface area contributed by atoms with E-state index < -0.39 is 18.0 Å². The summed E-state index contributed by atoms with van der Waals surface area (Å²) >= 11 is 0. The standard InChI is InChI=1S/C3H4F4O.C3H4O2/c1-2(4,5)3(6,7)8;1-2-3(4)5/h8H,1H3;2H,1H2,(H,4,5). The first-order valence-electron chi connectivity index (χ1n) is 2.85. The summed E-state index contributed by atoms with van der Waals surface area (Å²) in [7, 11) is 0. The van der Waals surface area contributed by atoms with Gasteiger partial charge in [-0.3, -0.25) is 0 Å². The minimum atomic E-state index is -4.90. The maximum Gasteiger partial charge on any atom is 0.416 e. The average Bonchev–Trinajstić information content (AvgIpc) is 1.84. The van der Waals surface area contributed by atoms with Gasteiger partial charge in [0.1, 0.15) is 0 Å². The first-order valence-corrected chi connectivity index (χ1v) is 2.85. The van der Waals surface area contributed by atoms with Crippen molar-refractivity contribution in [2.24, 2.45) is 0 Å². The second-order valence-corrected chi connectivity index (χ2v) is 1.97. The summed E-state index contributed by atoms with van der Waals surface area (Å²) in [4.78, 5) is 9.25. The van der Waals surface area contributed by atoms with Crippen LogP contribution in [0.1, 0.15) is 6.92 Å². The van der Waals surface area contributed by atoms with Crippen LogP contribution in [-0.4, -0.2) is 28.2 Å². The zero-order valence-electron chi connectivity index (χ0n) is 6.60. The van der Waals surface area contributed by atoms with Crippen molar-refractivity contribution in [2.75, 3.05) is 0 Å². The maximum atomic E-state index is 11.2. The van der Waals surface area contributed by atoms with Crippen molar-refractivity contribution in [3.8, 4) is 0 Å². The van der Waals surface area contributed by atoms with E-state index in [0.29, 0.717) is 0 Å². The Labute approximate surface area is 71.3 Å².